The highest BCUT2D eigenvalue weighted by Gasteiger charge is 2.30. The summed E-state index contributed by atoms with van der Waals surface area (Å²) in [5.74, 6) is 0.895. The number of carbonyl (C=O) groups excluding carboxylic acids is 1. The van der Waals surface area contributed by atoms with Gasteiger partial charge in [0.2, 0.25) is 0 Å². The number of aromatic amines is 1. The predicted molar refractivity (Wildman–Crippen MR) is 107 cm³/mol. The van der Waals surface area contributed by atoms with Crippen LogP contribution >= 0.6 is 12.2 Å². The number of ether oxygens (including phenoxy) is 1. The first-order valence-electron chi connectivity index (χ1n) is 8.99. The highest BCUT2D eigenvalue weighted by Crippen LogP contribution is 2.34. The van der Waals surface area contributed by atoms with Gasteiger partial charge in [-0.25, -0.2) is 0 Å². The molecule has 27 heavy (non-hydrogen) atoms. The lowest BCUT2D eigenvalue weighted by molar-refractivity contribution is 0.0735. The number of nitrogens with zero attached hydrogens (tertiary/aromatic N) is 2. The molecule has 0 spiro atoms. The molecule has 1 N–H and O–H groups in total. The molecule has 0 radical (unpaired) electrons. The van der Waals surface area contributed by atoms with E-state index in [0.717, 1.165) is 36.4 Å². The Morgan fingerprint density at radius 1 is 1.15 bits per heavy atom. The van der Waals surface area contributed by atoms with Crippen LogP contribution in [0, 0.1) is 4.77 Å². The van der Waals surface area contributed by atoms with Crippen molar-refractivity contribution in [3.05, 3.63) is 76.8 Å². The van der Waals surface area contributed by atoms with E-state index in [2.05, 4.69) is 4.98 Å². The fraction of sp³-hybridized carbons (Fsp3) is 0.238. The molecule has 0 bridgehead atoms. The van der Waals surface area contributed by atoms with Crippen LogP contribution in [0.3, 0.4) is 0 Å². The zero-order chi connectivity index (χ0) is 18.8. The summed E-state index contributed by atoms with van der Waals surface area (Å²) < 4.78 is 7.74. The molecule has 1 aliphatic heterocycles. The summed E-state index contributed by atoms with van der Waals surface area (Å²) in [7, 11) is 1.66. The Hall–Kier alpha value is -2.86. The fourth-order valence-corrected chi connectivity index (χ4v) is 3.87. The number of carbonyl (C=O) groups is 1. The number of nitrogens with one attached hydrogen (secondary N) is 1. The number of H-pyrrole nitrogens is 1. The van der Waals surface area contributed by atoms with Crippen LogP contribution in [0.1, 0.15) is 34.8 Å². The smallest absolute Gasteiger partial charge is 0.254 e. The SMILES string of the molecule is COc1ccc([C@@H]2CCCN2C(=O)c2ccc(-n3cc[nH]c3=S)cc2)cc1. The van der Waals surface area contributed by atoms with Crippen molar-refractivity contribution in [2.24, 2.45) is 0 Å². The van der Waals surface area contributed by atoms with Gasteiger partial charge in [-0.15, -0.1) is 0 Å². The Morgan fingerprint density at radius 2 is 1.89 bits per heavy atom. The molecule has 2 aromatic carbocycles. The number of hydrogen-bond donors (Lipinski definition) is 1. The molecule has 0 unspecified atom stereocenters. The molecule has 138 valence electrons. The number of likely N-dealkylation sites (tertiary alicyclic amines) is 1. The van der Waals surface area contributed by atoms with Gasteiger partial charge in [0.05, 0.1) is 13.2 Å². The van der Waals surface area contributed by atoms with E-state index in [-0.39, 0.29) is 11.9 Å². The maximum Gasteiger partial charge on any atom is 0.254 e. The largest absolute Gasteiger partial charge is 0.497 e. The average molecular weight is 379 g/mol. The number of rotatable bonds is 4. The Balaban J connectivity index is 1.56. The third-order valence-corrected chi connectivity index (χ3v) is 5.37. The van der Waals surface area contributed by atoms with E-state index in [1.807, 2.05) is 64.2 Å². The third-order valence-electron chi connectivity index (χ3n) is 5.06. The standard InChI is InChI=1S/C21H21N3O2S/c1-26-18-10-6-15(7-11-18)19-3-2-13-24(19)20(25)16-4-8-17(9-5-16)23-14-12-22-21(23)27/h4-12,14,19H,2-3,13H2,1H3,(H,22,27)/t19-/m0/s1. The molecule has 1 amide bonds. The zero-order valence-electron chi connectivity index (χ0n) is 15.1. The Kier molecular flexibility index (Phi) is 4.81. The molecule has 1 saturated heterocycles. The first-order valence-corrected chi connectivity index (χ1v) is 9.39. The van der Waals surface area contributed by atoms with Crippen LogP contribution in [-0.2, 0) is 0 Å². The molecule has 6 heteroatoms. The van der Waals surface area contributed by atoms with Gasteiger partial charge in [-0.3, -0.25) is 9.36 Å². The van der Waals surface area contributed by atoms with Gasteiger partial charge in [-0.2, -0.15) is 0 Å². The normalized spacial score (nSPS) is 16.5. The minimum Gasteiger partial charge on any atom is -0.497 e. The Bertz CT molecular complexity index is 989. The average Bonchev–Trinajstić information content (AvgIpc) is 3.37. The topological polar surface area (TPSA) is 50.3 Å². The van der Waals surface area contributed by atoms with Crippen molar-refractivity contribution in [2.75, 3.05) is 13.7 Å². The van der Waals surface area contributed by atoms with Crippen LogP contribution in [0.4, 0.5) is 0 Å². The maximum atomic E-state index is 13.1. The van der Waals surface area contributed by atoms with Crippen molar-refractivity contribution in [1.82, 2.24) is 14.5 Å². The summed E-state index contributed by atoms with van der Waals surface area (Å²) >= 11 is 5.25. The molecule has 1 atom stereocenters. The van der Waals surface area contributed by atoms with Crippen LogP contribution in [0.5, 0.6) is 5.75 Å². The number of aromatic nitrogens is 2. The molecule has 0 saturated carbocycles. The van der Waals surface area contributed by atoms with Crippen LogP contribution in [0.2, 0.25) is 0 Å². The Morgan fingerprint density at radius 3 is 2.52 bits per heavy atom. The van der Waals surface area contributed by atoms with E-state index >= 15 is 0 Å². The number of methoxy groups -OCH3 is 1. The summed E-state index contributed by atoms with van der Waals surface area (Å²) in [6.45, 7) is 0.778. The first kappa shape index (κ1) is 17.5. The number of amides is 1. The molecule has 1 fully saturated rings. The van der Waals surface area contributed by atoms with Crippen molar-refractivity contribution in [2.45, 2.75) is 18.9 Å². The molecule has 1 aliphatic rings. The van der Waals surface area contributed by atoms with Crippen molar-refractivity contribution < 1.29 is 9.53 Å². The van der Waals surface area contributed by atoms with Gasteiger partial charge >= 0.3 is 0 Å². The first-order chi connectivity index (χ1) is 13.2. The van der Waals surface area contributed by atoms with E-state index in [4.69, 9.17) is 17.0 Å². The summed E-state index contributed by atoms with van der Waals surface area (Å²) in [5, 5.41) is 0. The Labute approximate surface area is 163 Å². The quantitative estimate of drug-likeness (QED) is 0.678. The summed E-state index contributed by atoms with van der Waals surface area (Å²) in [6.07, 6.45) is 5.66. The molecule has 3 aromatic rings. The number of imidazole rings is 1. The minimum atomic E-state index is 0.0672. The number of hydrogen-bond acceptors (Lipinski definition) is 3. The monoisotopic (exact) mass is 379 g/mol. The van der Waals surface area contributed by atoms with Gasteiger partial charge in [0.1, 0.15) is 5.75 Å². The third kappa shape index (κ3) is 3.40. The lowest BCUT2D eigenvalue weighted by atomic mass is 10.0. The number of benzene rings is 2. The molecule has 0 aliphatic carbocycles. The van der Waals surface area contributed by atoms with Crippen molar-refractivity contribution in [3.63, 3.8) is 0 Å². The van der Waals surface area contributed by atoms with Gasteiger partial charge in [0.25, 0.3) is 5.91 Å². The molecule has 5 nitrogen and oxygen atoms in total. The van der Waals surface area contributed by atoms with E-state index in [1.54, 1.807) is 13.3 Å². The summed E-state index contributed by atoms with van der Waals surface area (Å²) in [6, 6.07) is 15.7. The van der Waals surface area contributed by atoms with Crippen molar-refractivity contribution in [1.29, 1.82) is 0 Å². The van der Waals surface area contributed by atoms with E-state index in [0.29, 0.717) is 10.3 Å². The van der Waals surface area contributed by atoms with Gasteiger partial charge in [-0.1, -0.05) is 12.1 Å². The minimum absolute atomic E-state index is 0.0672. The van der Waals surface area contributed by atoms with E-state index < -0.39 is 0 Å². The molecular formula is C21H21N3O2S. The van der Waals surface area contributed by atoms with Gasteiger partial charge in [0, 0.05) is 30.2 Å². The van der Waals surface area contributed by atoms with Crippen LogP contribution in [0.15, 0.2) is 60.9 Å². The maximum absolute atomic E-state index is 13.1. The van der Waals surface area contributed by atoms with Gasteiger partial charge < -0.3 is 14.6 Å². The van der Waals surface area contributed by atoms with Gasteiger partial charge in [0.15, 0.2) is 4.77 Å². The van der Waals surface area contributed by atoms with Crippen LogP contribution in [0.25, 0.3) is 5.69 Å². The highest BCUT2D eigenvalue weighted by molar-refractivity contribution is 7.71. The molecular weight excluding hydrogens is 358 g/mol. The van der Waals surface area contributed by atoms with E-state index in [1.165, 1.54) is 0 Å². The second-order valence-electron chi connectivity index (χ2n) is 6.61. The molecule has 2 heterocycles. The highest BCUT2D eigenvalue weighted by atomic mass is 32.1. The lowest BCUT2D eigenvalue weighted by Gasteiger charge is -2.25. The second-order valence-corrected chi connectivity index (χ2v) is 7.00. The van der Waals surface area contributed by atoms with E-state index in [9.17, 15) is 4.79 Å². The molecule has 4 rings (SSSR count). The second kappa shape index (κ2) is 7.40. The van der Waals surface area contributed by atoms with Crippen LogP contribution in [-0.4, -0.2) is 34.0 Å². The van der Waals surface area contributed by atoms with Gasteiger partial charge in [-0.05, 0) is 67.0 Å². The zero-order valence-corrected chi connectivity index (χ0v) is 15.9. The summed E-state index contributed by atoms with van der Waals surface area (Å²) in [4.78, 5) is 18.0. The summed E-state index contributed by atoms with van der Waals surface area (Å²) in [5.41, 5.74) is 2.78. The fourth-order valence-electron chi connectivity index (χ4n) is 3.64. The molecule has 1 aromatic heterocycles. The predicted octanol–water partition coefficient (Wildman–Crippen LogP) is 4.52. The van der Waals surface area contributed by atoms with Crippen molar-refractivity contribution in [3.8, 4) is 11.4 Å². The van der Waals surface area contributed by atoms with Crippen LogP contribution < -0.4 is 4.74 Å². The lowest BCUT2D eigenvalue weighted by Crippen LogP contribution is -2.30. The van der Waals surface area contributed by atoms with Crippen molar-refractivity contribution >= 4 is 18.1 Å².